The number of hydrogen-bond acceptors (Lipinski definition) is 4. The summed E-state index contributed by atoms with van der Waals surface area (Å²) in [6.45, 7) is 3.85. The standard InChI is InChI=1S/C22H22FN3O2/c1-14-10-17(15-6-8-25(2)9-7-15)13-26-21(27)12-19(24-22(14)26)16-4-5-20(28-3)18(23)11-16/h4-6,10-13H,7-9H2,1-3H3. The van der Waals surface area contributed by atoms with Crippen molar-refractivity contribution < 1.29 is 9.13 Å². The van der Waals surface area contributed by atoms with Crippen molar-refractivity contribution in [1.29, 1.82) is 0 Å². The van der Waals surface area contributed by atoms with Gasteiger partial charge >= 0.3 is 0 Å². The van der Waals surface area contributed by atoms with E-state index in [9.17, 15) is 9.18 Å². The first-order valence-electron chi connectivity index (χ1n) is 9.22. The van der Waals surface area contributed by atoms with Crippen LogP contribution in [0.1, 0.15) is 17.5 Å². The van der Waals surface area contributed by atoms with Crippen molar-refractivity contribution in [2.45, 2.75) is 13.3 Å². The molecule has 0 unspecified atom stereocenters. The molecule has 0 aliphatic carbocycles. The molecule has 0 fully saturated rings. The monoisotopic (exact) mass is 379 g/mol. The molecule has 0 N–H and O–H groups in total. The fourth-order valence-electron chi connectivity index (χ4n) is 3.55. The highest BCUT2D eigenvalue weighted by atomic mass is 19.1. The number of methoxy groups -OCH3 is 1. The second-order valence-corrected chi connectivity index (χ2v) is 7.18. The molecule has 1 aliphatic heterocycles. The van der Waals surface area contributed by atoms with Crippen molar-refractivity contribution in [2.75, 3.05) is 27.2 Å². The zero-order valence-corrected chi connectivity index (χ0v) is 16.2. The number of pyridine rings is 1. The van der Waals surface area contributed by atoms with E-state index < -0.39 is 5.82 Å². The quantitative estimate of drug-likeness (QED) is 0.698. The predicted molar refractivity (Wildman–Crippen MR) is 108 cm³/mol. The maximum Gasteiger partial charge on any atom is 0.258 e. The lowest BCUT2D eigenvalue weighted by molar-refractivity contribution is 0.370. The Hall–Kier alpha value is -2.99. The van der Waals surface area contributed by atoms with Gasteiger partial charge in [-0.15, -0.1) is 0 Å². The van der Waals surface area contributed by atoms with Gasteiger partial charge in [-0.3, -0.25) is 9.20 Å². The average molecular weight is 379 g/mol. The molecule has 0 amide bonds. The molecule has 0 radical (unpaired) electrons. The molecule has 5 nitrogen and oxygen atoms in total. The van der Waals surface area contributed by atoms with Crippen molar-refractivity contribution in [1.82, 2.24) is 14.3 Å². The summed E-state index contributed by atoms with van der Waals surface area (Å²) < 4.78 is 20.6. The minimum Gasteiger partial charge on any atom is -0.494 e. The fourth-order valence-corrected chi connectivity index (χ4v) is 3.55. The van der Waals surface area contributed by atoms with Crippen LogP contribution in [0.25, 0.3) is 22.5 Å². The van der Waals surface area contributed by atoms with Gasteiger partial charge in [0.05, 0.1) is 12.8 Å². The van der Waals surface area contributed by atoms with Crippen LogP contribution in [0.2, 0.25) is 0 Å². The van der Waals surface area contributed by atoms with Gasteiger partial charge in [-0.05, 0) is 61.4 Å². The second-order valence-electron chi connectivity index (χ2n) is 7.18. The summed E-state index contributed by atoms with van der Waals surface area (Å²) in [7, 11) is 3.51. The van der Waals surface area contributed by atoms with Crippen LogP contribution in [0.3, 0.4) is 0 Å². The molecular weight excluding hydrogens is 357 g/mol. The van der Waals surface area contributed by atoms with Gasteiger partial charge in [0.15, 0.2) is 11.6 Å². The lowest BCUT2D eigenvalue weighted by Gasteiger charge is -2.22. The number of aromatic nitrogens is 2. The highest BCUT2D eigenvalue weighted by Crippen LogP contribution is 2.26. The van der Waals surface area contributed by atoms with Crippen LogP contribution in [0.4, 0.5) is 4.39 Å². The van der Waals surface area contributed by atoms with Gasteiger partial charge in [-0.25, -0.2) is 9.37 Å². The van der Waals surface area contributed by atoms with Gasteiger partial charge in [0.25, 0.3) is 5.56 Å². The summed E-state index contributed by atoms with van der Waals surface area (Å²) >= 11 is 0. The number of halogens is 1. The molecule has 0 atom stereocenters. The highest BCUT2D eigenvalue weighted by Gasteiger charge is 2.14. The Bertz CT molecular complexity index is 1150. The van der Waals surface area contributed by atoms with E-state index in [1.807, 2.05) is 13.1 Å². The van der Waals surface area contributed by atoms with E-state index in [1.165, 1.54) is 30.9 Å². The topological polar surface area (TPSA) is 46.8 Å². The summed E-state index contributed by atoms with van der Waals surface area (Å²) in [5, 5.41) is 0. The Balaban J connectivity index is 1.82. The summed E-state index contributed by atoms with van der Waals surface area (Å²) in [4.78, 5) is 19.7. The van der Waals surface area contributed by atoms with Crippen LogP contribution < -0.4 is 10.3 Å². The van der Waals surface area contributed by atoms with Crippen LogP contribution in [-0.2, 0) is 0 Å². The maximum absolute atomic E-state index is 14.1. The van der Waals surface area contributed by atoms with Gasteiger partial charge in [0, 0.05) is 30.9 Å². The number of nitrogens with zero attached hydrogens (tertiary/aromatic N) is 3. The molecule has 4 rings (SSSR count). The highest BCUT2D eigenvalue weighted by molar-refractivity contribution is 5.70. The first-order chi connectivity index (χ1) is 13.5. The molecule has 0 spiro atoms. The van der Waals surface area contributed by atoms with Gasteiger partial charge < -0.3 is 9.64 Å². The fraction of sp³-hybridized carbons (Fsp3) is 0.273. The van der Waals surface area contributed by atoms with Gasteiger partial charge in [-0.2, -0.15) is 0 Å². The third-order valence-corrected chi connectivity index (χ3v) is 5.18. The molecule has 28 heavy (non-hydrogen) atoms. The molecule has 6 heteroatoms. The van der Waals surface area contributed by atoms with Crippen molar-refractivity contribution in [3.63, 3.8) is 0 Å². The summed E-state index contributed by atoms with van der Waals surface area (Å²) in [6, 6.07) is 8.09. The third kappa shape index (κ3) is 3.31. The normalized spacial score (nSPS) is 14.9. The number of hydrogen-bond donors (Lipinski definition) is 0. The van der Waals surface area contributed by atoms with E-state index in [-0.39, 0.29) is 11.3 Å². The Labute approximate surface area is 162 Å². The molecule has 3 aromatic rings. The number of ether oxygens (including phenoxy) is 1. The first kappa shape index (κ1) is 18.4. The molecule has 0 saturated heterocycles. The Morgan fingerprint density at radius 2 is 2.00 bits per heavy atom. The Morgan fingerprint density at radius 3 is 2.68 bits per heavy atom. The van der Waals surface area contributed by atoms with Crippen LogP contribution in [0.15, 0.2) is 47.4 Å². The van der Waals surface area contributed by atoms with Gasteiger partial charge in [-0.1, -0.05) is 6.08 Å². The average Bonchev–Trinajstić information content (AvgIpc) is 2.69. The lowest BCUT2D eigenvalue weighted by atomic mass is 10.00. The van der Waals surface area contributed by atoms with E-state index in [0.717, 1.165) is 30.6 Å². The molecule has 0 saturated carbocycles. The summed E-state index contributed by atoms with van der Waals surface area (Å²) in [6.07, 6.45) is 5.01. The van der Waals surface area contributed by atoms with Crippen LogP contribution in [0.5, 0.6) is 5.75 Å². The molecule has 2 aromatic heterocycles. The third-order valence-electron chi connectivity index (χ3n) is 5.18. The van der Waals surface area contributed by atoms with Crippen LogP contribution >= 0.6 is 0 Å². The largest absolute Gasteiger partial charge is 0.494 e. The number of aryl methyl sites for hydroxylation is 1. The van der Waals surface area contributed by atoms with Crippen LogP contribution in [0, 0.1) is 12.7 Å². The number of likely N-dealkylation sites (N-methyl/N-ethyl adjacent to an activating group) is 1. The molecular formula is C22H22FN3O2. The van der Waals surface area contributed by atoms with Crippen molar-refractivity contribution >= 4 is 11.2 Å². The maximum atomic E-state index is 14.1. The molecule has 0 bridgehead atoms. The van der Waals surface area contributed by atoms with E-state index in [1.54, 1.807) is 10.5 Å². The SMILES string of the molecule is COc1ccc(-c2cc(=O)n3cc(C4=CCN(C)CC4)cc(C)c3n2)cc1F. The van der Waals surface area contributed by atoms with Gasteiger partial charge in [0.2, 0.25) is 0 Å². The number of fused-ring (bicyclic) bond motifs is 1. The first-order valence-corrected chi connectivity index (χ1v) is 9.22. The number of rotatable bonds is 3. The van der Waals surface area contributed by atoms with Gasteiger partial charge in [0.1, 0.15) is 5.65 Å². The van der Waals surface area contributed by atoms with Crippen molar-refractivity contribution in [3.05, 3.63) is 69.9 Å². The predicted octanol–water partition coefficient (Wildman–Crippen LogP) is 3.54. The van der Waals surface area contributed by atoms with Crippen LogP contribution in [-0.4, -0.2) is 41.5 Å². The molecule has 144 valence electrons. The second kappa shape index (κ2) is 7.20. The molecule has 1 aliphatic rings. The van der Waals surface area contributed by atoms with E-state index in [4.69, 9.17) is 4.74 Å². The molecule has 1 aromatic carbocycles. The zero-order valence-electron chi connectivity index (χ0n) is 16.2. The minimum absolute atomic E-state index is 0.161. The smallest absolute Gasteiger partial charge is 0.258 e. The van der Waals surface area contributed by atoms with E-state index in [0.29, 0.717) is 16.9 Å². The zero-order chi connectivity index (χ0) is 19.8. The Kier molecular flexibility index (Phi) is 4.73. The number of benzene rings is 1. The summed E-state index contributed by atoms with van der Waals surface area (Å²) in [5.74, 6) is -0.322. The Morgan fingerprint density at radius 1 is 1.18 bits per heavy atom. The van der Waals surface area contributed by atoms with E-state index >= 15 is 0 Å². The lowest BCUT2D eigenvalue weighted by Crippen LogP contribution is -2.24. The minimum atomic E-state index is -0.483. The van der Waals surface area contributed by atoms with E-state index in [2.05, 4.69) is 29.1 Å². The van der Waals surface area contributed by atoms with Crippen molar-refractivity contribution in [3.8, 4) is 17.0 Å². The van der Waals surface area contributed by atoms with Crippen molar-refractivity contribution in [2.24, 2.45) is 0 Å². The molecule has 3 heterocycles. The summed E-state index contributed by atoms with van der Waals surface area (Å²) in [5.41, 5.74) is 4.58.